The molecule has 0 saturated carbocycles. The lowest BCUT2D eigenvalue weighted by Gasteiger charge is -2.08. The number of thiophene rings is 1. The van der Waals surface area contributed by atoms with E-state index in [-0.39, 0.29) is 30.9 Å². The molecule has 140 valence electrons. The molecule has 1 aromatic carbocycles. The van der Waals surface area contributed by atoms with Gasteiger partial charge in [-0.2, -0.15) is 0 Å². The van der Waals surface area contributed by atoms with Crippen molar-refractivity contribution in [2.45, 2.75) is 40.3 Å². The number of fused-ring (bicyclic) bond motifs is 1. The second kappa shape index (κ2) is 7.84. The van der Waals surface area contributed by atoms with Gasteiger partial charge >= 0.3 is 5.97 Å². The normalized spacial score (nSPS) is 10.9. The standard InChI is InChI=1S/C20H20N2O4S/c1-12(23)9-10-22-14(3)21-18-16(19(22)24)13(2)17(27-18)20(25)26-11-15-7-5-4-6-8-15/h4-8H,9-11H2,1-3H3. The summed E-state index contributed by atoms with van der Waals surface area (Å²) >= 11 is 1.16. The molecule has 0 bridgehead atoms. The van der Waals surface area contributed by atoms with Gasteiger partial charge in [0.25, 0.3) is 5.56 Å². The smallest absolute Gasteiger partial charge is 0.349 e. The fourth-order valence-electron chi connectivity index (χ4n) is 2.83. The molecule has 0 saturated heterocycles. The zero-order valence-corrected chi connectivity index (χ0v) is 16.3. The van der Waals surface area contributed by atoms with Crippen LogP contribution < -0.4 is 5.56 Å². The molecule has 6 nitrogen and oxygen atoms in total. The molecule has 0 aliphatic heterocycles. The minimum atomic E-state index is -0.466. The predicted octanol–water partition coefficient (Wildman–Crippen LogP) is 3.41. The molecule has 3 rings (SSSR count). The monoisotopic (exact) mass is 384 g/mol. The van der Waals surface area contributed by atoms with Crippen LogP contribution in [-0.4, -0.2) is 21.3 Å². The fourth-order valence-corrected chi connectivity index (χ4v) is 3.95. The number of nitrogens with zero attached hydrogens (tertiary/aromatic N) is 2. The maximum atomic E-state index is 12.9. The van der Waals surface area contributed by atoms with E-state index in [2.05, 4.69) is 4.98 Å². The Morgan fingerprint density at radius 2 is 1.89 bits per heavy atom. The maximum Gasteiger partial charge on any atom is 0.349 e. The summed E-state index contributed by atoms with van der Waals surface area (Å²) in [6.45, 7) is 5.40. The maximum absolute atomic E-state index is 12.9. The number of aromatic nitrogens is 2. The molecule has 0 fully saturated rings. The van der Waals surface area contributed by atoms with Crippen LogP contribution in [0, 0.1) is 13.8 Å². The van der Waals surface area contributed by atoms with E-state index in [1.54, 1.807) is 13.8 Å². The first-order valence-corrected chi connectivity index (χ1v) is 9.41. The van der Waals surface area contributed by atoms with Crippen molar-refractivity contribution in [3.8, 4) is 0 Å². The zero-order chi connectivity index (χ0) is 19.6. The van der Waals surface area contributed by atoms with Crippen LogP contribution in [0.4, 0.5) is 0 Å². The second-order valence-corrected chi connectivity index (χ2v) is 7.36. The van der Waals surface area contributed by atoms with Crippen LogP contribution in [0.1, 0.15) is 40.0 Å². The van der Waals surface area contributed by atoms with Crippen LogP contribution >= 0.6 is 11.3 Å². The highest BCUT2D eigenvalue weighted by Crippen LogP contribution is 2.28. The first-order chi connectivity index (χ1) is 12.9. The summed E-state index contributed by atoms with van der Waals surface area (Å²) in [5.74, 6) is 0.0690. The first-order valence-electron chi connectivity index (χ1n) is 8.59. The zero-order valence-electron chi connectivity index (χ0n) is 15.4. The van der Waals surface area contributed by atoms with Crippen molar-refractivity contribution in [1.82, 2.24) is 9.55 Å². The van der Waals surface area contributed by atoms with Crippen molar-refractivity contribution in [3.63, 3.8) is 0 Å². The van der Waals surface area contributed by atoms with E-state index in [0.717, 1.165) is 16.9 Å². The number of ketones is 1. The number of ether oxygens (including phenoxy) is 1. The number of hydrogen-bond donors (Lipinski definition) is 0. The molecule has 0 aliphatic carbocycles. The molecule has 2 aromatic heterocycles. The van der Waals surface area contributed by atoms with Crippen LogP contribution in [0.2, 0.25) is 0 Å². The van der Waals surface area contributed by atoms with Gasteiger partial charge in [-0.3, -0.25) is 14.2 Å². The fraction of sp³-hybridized carbons (Fsp3) is 0.300. The molecule has 0 aliphatic rings. The van der Waals surface area contributed by atoms with E-state index in [1.165, 1.54) is 11.5 Å². The van der Waals surface area contributed by atoms with Gasteiger partial charge in [-0.1, -0.05) is 30.3 Å². The van der Waals surface area contributed by atoms with Crippen LogP contribution in [0.3, 0.4) is 0 Å². The second-order valence-electron chi connectivity index (χ2n) is 6.37. The molecule has 3 aromatic rings. The van der Waals surface area contributed by atoms with Gasteiger partial charge in [-0.25, -0.2) is 9.78 Å². The SMILES string of the molecule is CC(=O)CCn1c(C)nc2sc(C(=O)OCc3ccccc3)c(C)c2c1=O. The van der Waals surface area contributed by atoms with Crippen molar-refractivity contribution in [3.05, 3.63) is 62.5 Å². The van der Waals surface area contributed by atoms with Crippen molar-refractivity contribution in [1.29, 1.82) is 0 Å². The summed E-state index contributed by atoms with van der Waals surface area (Å²) in [4.78, 5) is 42.0. The molecular weight excluding hydrogens is 364 g/mol. The number of carbonyl (C=O) groups excluding carboxylic acids is 2. The largest absolute Gasteiger partial charge is 0.457 e. The van der Waals surface area contributed by atoms with E-state index in [4.69, 9.17) is 4.74 Å². The number of rotatable bonds is 6. The van der Waals surface area contributed by atoms with Crippen LogP contribution in [0.25, 0.3) is 10.2 Å². The van der Waals surface area contributed by atoms with Gasteiger partial charge in [0, 0.05) is 13.0 Å². The molecule has 0 radical (unpaired) electrons. The Hall–Kier alpha value is -2.80. The summed E-state index contributed by atoms with van der Waals surface area (Å²) in [5.41, 5.74) is 1.24. The highest BCUT2D eigenvalue weighted by atomic mass is 32.1. The number of benzene rings is 1. The number of Topliss-reactive ketones (excluding diaryl/α,β-unsaturated/α-hetero) is 1. The van der Waals surface area contributed by atoms with Crippen molar-refractivity contribution < 1.29 is 14.3 Å². The third-order valence-corrected chi connectivity index (χ3v) is 5.49. The molecule has 27 heavy (non-hydrogen) atoms. The number of hydrogen-bond acceptors (Lipinski definition) is 6. The summed E-state index contributed by atoms with van der Waals surface area (Å²) in [7, 11) is 0. The molecule has 0 spiro atoms. The molecule has 2 heterocycles. The van der Waals surface area contributed by atoms with E-state index in [9.17, 15) is 14.4 Å². The van der Waals surface area contributed by atoms with Crippen LogP contribution in [0.15, 0.2) is 35.1 Å². The summed E-state index contributed by atoms with van der Waals surface area (Å²) < 4.78 is 6.88. The van der Waals surface area contributed by atoms with E-state index >= 15 is 0 Å². The minimum Gasteiger partial charge on any atom is -0.457 e. The molecule has 0 amide bonds. The highest BCUT2D eigenvalue weighted by molar-refractivity contribution is 7.20. The van der Waals surface area contributed by atoms with E-state index in [1.807, 2.05) is 30.3 Å². The number of carbonyl (C=O) groups is 2. The molecular formula is C20H20N2O4S. The number of esters is 1. The Kier molecular flexibility index (Phi) is 5.51. The Balaban J connectivity index is 1.92. The quantitative estimate of drug-likeness (QED) is 0.609. The third kappa shape index (κ3) is 3.98. The van der Waals surface area contributed by atoms with Crippen LogP contribution in [-0.2, 0) is 22.7 Å². The van der Waals surface area contributed by atoms with Crippen LogP contribution in [0.5, 0.6) is 0 Å². The van der Waals surface area contributed by atoms with Gasteiger partial charge in [0.15, 0.2) is 0 Å². The summed E-state index contributed by atoms with van der Waals surface area (Å²) in [5, 5.41) is 0.417. The molecule has 0 unspecified atom stereocenters. The van der Waals surface area contributed by atoms with E-state index in [0.29, 0.717) is 26.5 Å². The van der Waals surface area contributed by atoms with Gasteiger partial charge in [-0.15, -0.1) is 11.3 Å². The summed E-state index contributed by atoms with van der Waals surface area (Å²) in [6, 6.07) is 9.41. The van der Waals surface area contributed by atoms with Gasteiger partial charge < -0.3 is 4.74 Å². The van der Waals surface area contributed by atoms with Gasteiger partial charge in [0.2, 0.25) is 0 Å². The lowest BCUT2D eigenvalue weighted by Crippen LogP contribution is -2.24. The topological polar surface area (TPSA) is 78.3 Å². The molecule has 7 heteroatoms. The summed E-state index contributed by atoms with van der Waals surface area (Å²) in [6.07, 6.45) is 0.267. The lowest BCUT2D eigenvalue weighted by molar-refractivity contribution is -0.117. The number of aryl methyl sites for hydroxylation is 2. The highest BCUT2D eigenvalue weighted by Gasteiger charge is 2.21. The van der Waals surface area contributed by atoms with Gasteiger partial charge in [-0.05, 0) is 31.9 Å². The minimum absolute atomic E-state index is 0.00798. The first kappa shape index (κ1) is 19.0. The molecule has 0 N–H and O–H groups in total. The molecule has 0 atom stereocenters. The average molecular weight is 384 g/mol. The Labute approximate surface area is 160 Å². The Bertz CT molecular complexity index is 1070. The average Bonchev–Trinajstić information content (AvgIpc) is 2.96. The van der Waals surface area contributed by atoms with E-state index < -0.39 is 5.97 Å². The van der Waals surface area contributed by atoms with Gasteiger partial charge in [0.1, 0.15) is 27.9 Å². The Morgan fingerprint density at radius 1 is 1.19 bits per heavy atom. The van der Waals surface area contributed by atoms with Gasteiger partial charge in [0.05, 0.1) is 5.39 Å². The third-order valence-electron chi connectivity index (χ3n) is 4.33. The predicted molar refractivity (Wildman–Crippen MR) is 104 cm³/mol. The van der Waals surface area contributed by atoms with Crippen molar-refractivity contribution >= 4 is 33.3 Å². The van der Waals surface area contributed by atoms with Crippen molar-refractivity contribution in [2.24, 2.45) is 0 Å². The Morgan fingerprint density at radius 3 is 2.56 bits per heavy atom. The van der Waals surface area contributed by atoms with Crippen molar-refractivity contribution in [2.75, 3.05) is 0 Å². The lowest BCUT2D eigenvalue weighted by atomic mass is 10.2.